The average molecular weight is 538 g/mol. The Bertz CT molecular complexity index is 915. The molecular formula is C22H31IN6O2. The molecule has 2 aromatic rings. The Morgan fingerprint density at radius 2 is 2.16 bits per heavy atom. The van der Waals surface area contributed by atoms with Crippen molar-refractivity contribution in [2.75, 3.05) is 44.7 Å². The number of aryl methyl sites for hydroxylation is 1. The maximum Gasteiger partial charge on any atom is 0.227 e. The number of guanidine groups is 1. The lowest BCUT2D eigenvalue weighted by Crippen LogP contribution is -2.48. The molecule has 31 heavy (non-hydrogen) atoms. The Balaban J connectivity index is 0.00000272. The van der Waals surface area contributed by atoms with Gasteiger partial charge in [0.1, 0.15) is 6.10 Å². The van der Waals surface area contributed by atoms with Crippen LogP contribution < -0.4 is 10.2 Å². The van der Waals surface area contributed by atoms with Gasteiger partial charge in [0, 0.05) is 57.6 Å². The summed E-state index contributed by atoms with van der Waals surface area (Å²) >= 11 is 0. The van der Waals surface area contributed by atoms with Gasteiger partial charge in [-0.2, -0.15) is 5.10 Å². The number of hydrogen-bond donors (Lipinski definition) is 1. The molecule has 168 valence electrons. The van der Waals surface area contributed by atoms with Gasteiger partial charge in [-0.25, -0.2) is 0 Å². The number of nitrogens with one attached hydrogen (secondary N) is 1. The van der Waals surface area contributed by atoms with E-state index >= 15 is 0 Å². The fourth-order valence-electron chi connectivity index (χ4n) is 4.15. The van der Waals surface area contributed by atoms with E-state index in [1.54, 1.807) is 11.7 Å². The van der Waals surface area contributed by atoms with Gasteiger partial charge in [-0.3, -0.25) is 14.5 Å². The minimum Gasteiger partial charge on any atom is -0.370 e. The largest absolute Gasteiger partial charge is 0.370 e. The topological polar surface area (TPSA) is 75.0 Å². The molecule has 8 nitrogen and oxygen atoms in total. The zero-order chi connectivity index (χ0) is 20.9. The van der Waals surface area contributed by atoms with Crippen LogP contribution in [0.2, 0.25) is 0 Å². The Morgan fingerprint density at radius 1 is 1.32 bits per heavy atom. The monoisotopic (exact) mass is 538 g/mol. The zero-order valence-electron chi connectivity index (χ0n) is 18.2. The van der Waals surface area contributed by atoms with Crippen LogP contribution in [0.5, 0.6) is 0 Å². The SMILES string of the molecule is CN=C(NCCCC(=O)N1CCc2ccccc21)N1CCOC(c2cnn(C)c2)C1.I. The molecule has 3 heterocycles. The van der Waals surface area contributed by atoms with Crippen LogP contribution in [0.15, 0.2) is 41.7 Å². The number of fused-ring (bicyclic) bond motifs is 1. The number of benzene rings is 1. The first-order valence-corrected chi connectivity index (χ1v) is 10.6. The molecule has 4 rings (SSSR count). The van der Waals surface area contributed by atoms with E-state index in [2.05, 4.69) is 26.4 Å². The molecule has 0 saturated carbocycles. The fourth-order valence-corrected chi connectivity index (χ4v) is 4.15. The summed E-state index contributed by atoms with van der Waals surface area (Å²) in [5, 5.41) is 7.65. The number of hydrogen-bond acceptors (Lipinski definition) is 4. The molecule has 0 radical (unpaired) electrons. The van der Waals surface area contributed by atoms with Crippen molar-refractivity contribution in [2.45, 2.75) is 25.4 Å². The summed E-state index contributed by atoms with van der Waals surface area (Å²) in [6.07, 6.45) is 6.08. The van der Waals surface area contributed by atoms with Gasteiger partial charge < -0.3 is 19.9 Å². The number of aromatic nitrogens is 2. The number of anilines is 1. The molecule has 0 bridgehead atoms. The summed E-state index contributed by atoms with van der Waals surface area (Å²) < 4.78 is 7.71. The van der Waals surface area contributed by atoms with E-state index in [-0.39, 0.29) is 36.0 Å². The molecule has 0 spiro atoms. The van der Waals surface area contributed by atoms with Crippen LogP contribution in [-0.4, -0.2) is 66.4 Å². The summed E-state index contributed by atoms with van der Waals surface area (Å²) in [5.74, 6) is 1.05. The number of carbonyl (C=O) groups is 1. The smallest absolute Gasteiger partial charge is 0.227 e. The summed E-state index contributed by atoms with van der Waals surface area (Å²) in [6.45, 7) is 3.67. The lowest BCUT2D eigenvalue weighted by Gasteiger charge is -2.34. The number of rotatable bonds is 5. The second kappa shape index (κ2) is 10.9. The quantitative estimate of drug-likeness (QED) is 0.274. The number of nitrogens with zero attached hydrogens (tertiary/aromatic N) is 5. The molecule has 1 amide bonds. The van der Waals surface area contributed by atoms with Crippen LogP contribution in [-0.2, 0) is 23.0 Å². The number of carbonyl (C=O) groups excluding carboxylic acids is 1. The second-order valence-corrected chi connectivity index (χ2v) is 7.75. The van der Waals surface area contributed by atoms with Crippen molar-refractivity contribution >= 4 is 41.5 Å². The van der Waals surface area contributed by atoms with Crippen LogP contribution in [0.3, 0.4) is 0 Å². The van der Waals surface area contributed by atoms with E-state index in [0.29, 0.717) is 19.6 Å². The number of ether oxygens (including phenoxy) is 1. The third-order valence-corrected chi connectivity index (χ3v) is 5.71. The van der Waals surface area contributed by atoms with Gasteiger partial charge >= 0.3 is 0 Å². The highest BCUT2D eigenvalue weighted by Crippen LogP contribution is 2.28. The van der Waals surface area contributed by atoms with Crippen molar-refractivity contribution in [1.29, 1.82) is 0 Å². The Kier molecular flexibility index (Phi) is 8.30. The molecule has 1 fully saturated rings. The minimum absolute atomic E-state index is 0. The van der Waals surface area contributed by atoms with Crippen molar-refractivity contribution in [3.63, 3.8) is 0 Å². The summed E-state index contributed by atoms with van der Waals surface area (Å²) in [4.78, 5) is 21.2. The third-order valence-electron chi connectivity index (χ3n) is 5.71. The molecule has 2 aliphatic rings. The summed E-state index contributed by atoms with van der Waals surface area (Å²) in [7, 11) is 3.70. The number of para-hydroxylation sites is 1. The average Bonchev–Trinajstić information content (AvgIpc) is 3.40. The van der Waals surface area contributed by atoms with Crippen molar-refractivity contribution in [1.82, 2.24) is 20.0 Å². The van der Waals surface area contributed by atoms with Crippen LogP contribution in [0, 0.1) is 0 Å². The van der Waals surface area contributed by atoms with E-state index in [9.17, 15) is 4.79 Å². The van der Waals surface area contributed by atoms with Gasteiger partial charge in [0.25, 0.3) is 0 Å². The predicted octanol–water partition coefficient (Wildman–Crippen LogP) is 2.36. The maximum absolute atomic E-state index is 12.7. The van der Waals surface area contributed by atoms with Crippen LogP contribution >= 0.6 is 24.0 Å². The van der Waals surface area contributed by atoms with Gasteiger partial charge in [-0.1, -0.05) is 18.2 Å². The van der Waals surface area contributed by atoms with E-state index in [4.69, 9.17) is 4.74 Å². The van der Waals surface area contributed by atoms with Gasteiger partial charge in [0.15, 0.2) is 5.96 Å². The van der Waals surface area contributed by atoms with Crippen molar-refractivity contribution in [2.24, 2.45) is 12.0 Å². The van der Waals surface area contributed by atoms with E-state index in [0.717, 1.165) is 49.7 Å². The Morgan fingerprint density at radius 3 is 2.94 bits per heavy atom. The Hall–Kier alpha value is -2.14. The van der Waals surface area contributed by atoms with Crippen LogP contribution in [0.1, 0.15) is 30.1 Å². The molecular weight excluding hydrogens is 507 g/mol. The summed E-state index contributed by atoms with van der Waals surface area (Å²) in [6, 6.07) is 8.18. The van der Waals surface area contributed by atoms with Gasteiger partial charge in [-0.05, 0) is 24.5 Å². The van der Waals surface area contributed by atoms with Crippen LogP contribution in [0.4, 0.5) is 5.69 Å². The van der Waals surface area contributed by atoms with Gasteiger partial charge in [0.2, 0.25) is 5.91 Å². The molecule has 1 aromatic heterocycles. The maximum atomic E-state index is 12.7. The van der Waals surface area contributed by atoms with E-state index in [1.165, 1.54) is 5.56 Å². The molecule has 1 unspecified atom stereocenters. The van der Waals surface area contributed by atoms with E-state index < -0.39 is 0 Å². The fraction of sp³-hybridized carbons (Fsp3) is 0.500. The molecule has 1 saturated heterocycles. The standard InChI is InChI=1S/C22H30N6O2.HI/c1-23-22(27-12-13-30-20(16-27)18-14-25-26(2)15-18)24-10-5-8-21(29)28-11-9-17-6-3-4-7-19(17)28;/h3-4,6-7,14-15,20H,5,8-13,16H2,1-2H3,(H,23,24);1H. The number of aliphatic imine (C=N–C) groups is 1. The normalized spacial score (nSPS) is 18.5. The Labute approximate surface area is 200 Å². The highest BCUT2D eigenvalue weighted by Gasteiger charge is 2.26. The number of amides is 1. The molecule has 1 atom stereocenters. The lowest BCUT2D eigenvalue weighted by atomic mass is 10.1. The lowest BCUT2D eigenvalue weighted by molar-refractivity contribution is -0.118. The van der Waals surface area contributed by atoms with Crippen molar-refractivity contribution < 1.29 is 9.53 Å². The molecule has 1 N–H and O–H groups in total. The first-order chi connectivity index (χ1) is 14.7. The first kappa shape index (κ1) is 23.5. The first-order valence-electron chi connectivity index (χ1n) is 10.6. The second-order valence-electron chi connectivity index (χ2n) is 7.75. The van der Waals surface area contributed by atoms with E-state index in [1.807, 2.05) is 42.5 Å². The third kappa shape index (κ3) is 5.57. The highest BCUT2D eigenvalue weighted by molar-refractivity contribution is 14.0. The van der Waals surface area contributed by atoms with Crippen LogP contribution in [0.25, 0.3) is 0 Å². The summed E-state index contributed by atoms with van der Waals surface area (Å²) in [5.41, 5.74) is 3.41. The molecule has 9 heteroatoms. The minimum atomic E-state index is -0.0113. The number of halogens is 1. The van der Waals surface area contributed by atoms with Gasteiger partial charge in [-0.15, -0.1) is 24.0 Å². The molecule has 2 aliphatic heterocycles. The number of morpholine rings is 1. The predicted molar refractivity (Wildman–Crippen MR) is 132 cm³/mol. The van der Waals surface area contributed by atoms with Crippen molar-refractivity contribution in [3.05, 3.63) is 47.8 Å². The van der Waals surface area contributed by atoms with Gasteiger partial charge in [0.05, 0.1) is 19.3 Å². The highest BCUT2D eigenvalue weighted by atomic mass is 127. The zero-order valence-corrected chi connectivity index (χ0v) is 20.5. The molecule has 1 aromatic carbocycles. The van der Waals surface area contributed by atoms with Crippen molar-refractivity contribution in [3.8, 4) is 0 Å². The molecule has 0 aliphatic carbocycles.